The Hall–Kier alpha value is -1.58. The Morgan fingerprint density at radius 1 is 1.33 bits per heavy atom. The molecule has 4 nitrogen and oxygen atoms in total. The van der Waals surface area contributed by atoms with E-state index in [0.29, 0.717) is 12.8 Å². The highest BCUT2D eigenvalue weighted by atomic mass is 32.2. The maximum atomic E-state index is 13.3. The van der Waals surface area contributed by atoms with Crippen LogP contribution in [0.15, 0.2) is 18.2 Å². The molecular weight excluding hydrogens is 293 g/mol. The average Bonchev–Trinajstić information content (AvgIpc) is 2.97. The van der Waals surface area contributed by atoms with Crippen molar-refractivity contribution in [2.75, 3.05) is 11.3 Å². The minimum Gasteiger partial charge on any atom is -0.395 e. The van der Waals surface area contributed by atoms with Crippen LogP contribution in [0.5, 0.6) is 0 Å². The lowest BCUT2D eigenvalue weighted by Gasteiger charge is -2.14. The summed E-state index contributed by atoms with van der Waals surface area (Å²) in [7, 11) is -3.47. The van der Waals surface area contributed by atoms with Crippen molar-refractivity contribution in [1.29, 1.82) is 0 Å². The van der Waals surface area contributed by atoms with Gasteiger partial charge >= 0.3 is 0 Å². The molecule has 1 aromatic carbocycles. The number of rotatable bonds is 4. The van der Waals surface area contributed by atoms with Crippen molar-refractivity contribution < 1.29 is 17.9 Å². The molecule has 6 heteroatoms. The van der Waals surface area contributed by atoms with Crippen molar-refractivity contribution in [1.82, 2.24) is 0 Å². The first-order valence-corrected chi connectivity index (χ1v) is 8.48. The smallest absolute Gasteiger partial charge is 0.235 e. The van der Waals surface area contributed by atoms with Crippen molar-refractivity contribution in [3.05, 3.63) is 29.6 Å². The van der Waals surface area contributed by atoms with E-state index in [1.54, 1.807) is 0 Å². The molecule has 1 fully saturated rings. The van der Waals surface area contributed by atoms with Gasteiger partial charge in [-0.05, 0) is 31.0 Å². The zero-order valence-electron chi connectivity index (χ0n) is 11.6. The van der Waals surface area contributed by atoms with Gasteiger partial charge in [0.05, 0.1) is 23.1 Å². The van der Waals surface area contributed by atoms with Gasteiger partial charge < -0.3 is 5.11 Å². The zero-order valence-corrected chi connectivity index (χ0v) is 12.4. The second-order valence-corrected chi connectivity index (χ2v) is 6.98. The SMILES string of the molecule is O=S(=O)(Nc1ccc(F)cc1C#CCCO)C1CCCC1. The van der Waals surface area contributed by atoms with Gasteiger partial charge in [-0.3, -0.25) is 4.72 Å². The predicted octanol–water partition coefficient (Wildman–Crippen LogP) is 2.24. The van der Waals surface area contributed by atoms with E-state index in [-0.39, 0.29) is 29.5 Å². The fourth-order valence-corrected chi connectivity index (χ4v) is 3.96. The van der Waals surface area contributed by atoms with Crippen LogP contribution >= 0.6 is 0 Å². The largest absolute Gasteiger partial charge is 0.395 e. The maximum absolute atomic E-state index is 13.3. The monoisotopic (exact) mass is 311 g/mol. The van der Waals surface area contributed by atoms with Crippen LogP contribution in [0.2, 0.25) is 0 Å². The van der Waals surface area contributed by atoms with Crippen molar-refractivity contribution in [2.24, 2.45) is 0 Å². The van der Waals surface area contributed by atoms with Crippen molar-refractivity contribution in [2.45, 2.75) is 37.4 Å². The van der Waals surface area contributed by atoms with Crippen LogP contribution in [0.25, 0.3) is 0 Å². The van der Waals surface area contributed by atoms with Crippen LogP contribution in [0.1, 0.15) is 37.7 Å². The molecule has 1 aromatic rings. The Bertz CT molecular complexity index is 655. The highest BCUT2D eigenvalue weighted by Crippen LogP contribution is 2.27. The Kier molecular flexibility index (Phi) is 5.21. The Morgan fingerprint density at radius 3 is 2.71 bits per heavy atom. The number of aliphatic hydroxyl groups excluding tert-OH is 1. The molecule has 0 heterocycles. The second-order valence-electron chi connectivity index (χ2n) is 5.02. The highest BCUT2D eigenvalue weighted by Gasteiger charge is 2.29. The molecule has 21 heavy (non-hydrogen) atoms. The lowest BCUT2D eigenvalue weighted by atomic mass is 10.2. The molecule has 0 atom stereocenters. The molecule has 0 aromatic heterocycles. The van der Waals surface area contributed by atoms with Gasteiger partial charge in [0.2, 0.25) is 10.0 Å². The quantitative estimate of drug-likeness (QED) is 0.838. The number of hydrogen-bond acceptors (Lipinski definition) is 3. The first-order valence-electron chi connectivity index (χ1n) is 6.94. The van der Waals surface area contributed by atoms with Gasteiger partial charge in [-0.15, -0.1) is 0 Å². The van der Waals surface area contributed by atoms with E-state index >= 15 is 0 Å². The van der Waals surface area contributed by atoms with Gasteiger partial charge in [-0.2, -0.15) is 0 Å². The van der Waals surface area contributed by atoms with Gasteiger partial charge in [0.1, 0.15) is 5.82 Å². The van der Waals surface area contributed by atoms with Crippen LogP contribution < -0.4 is 4.72 Å². The molecule has 114 valence electrons. The van der Waals surface area contributed by atoms with Gasteiger partial charge in [0.15, 0.2) is 0 Å². The number of anilines is 1. The number of hydrogen-bond donors (Lipinski definition) is 2. The molecule has 0 unspecified atom stereocenters. The zero-order chi connectivity index (χ0) is 15.3. The second kappa shape index (κ2) is 6.92. The minimum absolute atomic E-state index is 0.0918. The topological polar surface area (TPSA) is 66.4 Å². The Balaban J connectivity index is 2.25. The lowest BCUT2D eigenvalue weighted by molar-refractivity contribution is 0.305. The molecule has 2 rings (SSSR count). The summed E-state index contributed by atoms with van der Waals surface area (Å²) in [5, 5.41) is 8.32. The summed E-state index contributed by atoms with van der Waals surface area (Å²) in [6.07, 6.45) is 3.39. The molecular formula is C15H18FNO3S. The maximum Gasteiger partial charge on any atom is 0.235 e. The van der Waals surface area contributed by atoms with Crippen LogP contribution in [0.3, 0.4) is 0 Å². The number of sulfonamides is 1. The highest BCUT2D eigenvalue weighted by molar-refractivity contribution is 7.93. The molecule has 1 saturated carbocycles. The number of aliphatic hydroxyl groups is 1. The molecule has 0 amide bonds. The molecule has 0 radical (unpaired) electrons. The van der Waals surface area contributed by atoms with E-state index in [4.69, 9.17) is 5.11 Å². The number of halogens is 1. The molecule has 0 aliphatic heterocycles. The van der Waals surface area contributed by atoms with Gasteiger partial charge in [0.25, 0.3) is 0 Å². The van der Waals surface area contributed by atoms with Crippen LogP contribution in [-0.4, -0.2) is 25.4 Å². The molecule has 1 aliphatic carbocycles. The fourth-order valence-electron chi connectivity index (χ4n) is 2.36. The van der Waals surface area contributed by atoms with Crippen LogP contribution in [0.4, 0.5) is 10.1 Å². The summed E-state index contributed by atoms with van der Waals surface area (Å²) in [6.45, 7) is -0.0918. The van der Waals surface area contributed by atoms with Crippen molar-refractivity contribution in [3.63, 3.8) is 0 Å². The van der Waals surface area contributed by atoms with E-state index in [1.165, 1.54) is 18.2 Å². The van der Waals surface area contributed by atoms with Crippen LogP contribution in [0, 0.1) is 17.7 Å². The van der Waals surface area contributed by atoms with E-state index in [0.717, 1.165) is 12.8 Å². The lowest BCUT2D eigenvalue weighted by Crippen LogP contribution is -2.25. The third kappa shape index (κ3) is 4.19. The van der Waals surface area contributed by atoms with Gasteiger partial charge in [-0.25, -0.2) is 12.8 Å². The summed E-state index contributed by atoms with van der Waals surface area (Å²) in [5.41, 5.74) is 0.568. The molecule has 0 saturated heterocycles. The van der Waals surface area contributed by atoms with Crippen molar-refractivity contribution >= 4 is 15.7 Å². The van der Waals surface area contributed by atoms with Gasteiger partial charge in [-0.1, -0.05) is 24.7 Å². The summed E-state index contributed by atoms with van der Waals surface area (Å²) in [5.74, 6) is 4.88. The van der Waals surface area contributed by atoms with E-state index in [1.807, 2.05) is 0 Å². The minimum atomic E-state index is -3.47. The molecule has 0 bridgehead atoms. The first kappa shape index (κ1) is 15.8. The van der Waals surface area contributed by atoms with E-state index in [2.05, 4.69) is 16.6 Å². The number of benzene rings is 1. The average molecular weight is 311 g/mol. The standard InChI is InChI=1S/C15H18FNO3S/c16-13-8-9-15(12(11-13)5-3-4-10-18)17-21(19,20)14-6-1-2-7-14/h8-9,11,14,17-18H,1-2,4,6-7,10H2. The summed E-state index contributed by atoms with van der Waals surface area (Å²) >= 11 is 0. The van der Waals surface area contributed by atoms with Gasteiger partial charge in [0, 0.05) is 6.42 Å². The van der Waals surface area contributed by atoms with E-state index < -0.39 is 15.8 Å². The third-order valence-electron chi connectivity index (χ3n) is 3.43. The van der Waals surface area contributed by atoms with Crippen molar-refractivity contribution in [3.8, 4) is 11.8 Å². The van der Waals surface area contributed by atoms with E-state index in [9.17, 15) is 12.8 Å². The normalized spacial score (nSPS) is 15.5. The van der Waals surface area contributed by atoms with Crippen LogP contribution in [-0.2, 0) is 10.0 Å². The Labute approximate surface area is 124 Å². The number of nitrogens with one attached hydrogen (secondary N) is 1. The predicted molar refractivity (Wildman–Crippen MR) is 79.8 cm³/mol. The summed E-state index contributed by atoms with van der Waals surface area (Å²) < 4.78 is 40.4. The summed E-state index contributed by atoms with van der Waals surface area (Å²) in [6, 6.07) is 3.77. The first-order chi connectivity index (χ1) is 10.0. The molecule has 1 aliphatic rings. The molecule has 2 N–H and O–H groups in total. The summed E-state index contributed by atoms with van der Waals surface area (Å²) in [4.78, 5) is 0. The molecule has 0 spiro atoms. The third-order valence-corrected chi connectivity index (χ3v) is 5.29. The fraction of sp³-hybridized carbons (Fsp3) is 0.467. The Morgan fingerprint density at radius 2 is 2.05 bits per heavy atom.